The molecule has 0 bridgehead atoms. The van der Waals surface area contributed by atoms with Gasteiger partial charge in [-0.05, 0) is 18.8 Å². The van der Waals surface area contributed by atoms with Crippen molar-refractivity contribution in [1.29, 1.82) is 0 Å². The van der Waals surface area contributed by atoms with Gasteiger partial charge in [-0.2, -0.15) is 5.10 Å². The smallest absolute Gasteiger partial charge is 0.212 e. The van der Waals surface area contributed by atoms with Crippen LogP contribution in [0.15, 0.2) is 5.51 Å². The second-order valence-corrected chi connectivity index (χ2v) is 5.13. The maximum atomic E-state index is 4.63. The van der Waals surface area contributed by atoms with Crippen molar-refractivity contribution in [3.8, 4) is 0 Å². The highest BCUT2D eigenvalue weighted by Gasteiger charge is 2.27. The molecule has 0 aliphatic heterocycles. The third-order valence-corrected chi connectivity index (χ3v) is 3.70. The van der Waals surface area contributed by atoms with Crippen molar-refractivity contribution in [2.24, 2.45) is 5.92 Å². The first-order valence-corrected chi connectivity index (χ1v) is 5.94. The van der Waals surface area contributed by atoms with Crippen molar-refractivity contribution >= 4 is 16.3 Å². The van der Waals surface area contributed by atoms with Crippen molar-refractivity contribution in [3.63, 3.8) is 0 Å². The van der Waals surface area contributed by atoms with Gasteiger partial charge in [-0.1, -0.05) is 25.2 Å². The summed E-state index contributed by atoms with van der Waals surface area (Å²) in [7, 11) is 0. The summed E-state index contributed by atoms with van der Waals surface area (Å²) in [6.07, 6.45) is 2.38. The zero-order valence-corrected chi connectivity index (χ0v) is 9.21. The topological polar surface area (TPSA) is 30.2 Å². The maximum Gasteiger partial charge on any atom is 0.212 e. The van der Waals surface area contributed by atoms with Crippen molar-refractivity contribution in [2.45, 2.75) is 32.6 Å². The predicted octanol–water partition coefficient (Wildman–Crippen LogP) is 2.48. The molecule has 0 aromatic carbocycles. The number of aromatic nitrogens is 3. The molecular weight excluding hydrogens is 194 g/mol. The van der Waals surface area contributed by atoms with Gasteiger partial charge in [0.25, 0.3) is 0 Å². The van der Waals surface area contributed by atoms with Gasteiger partial charge in [0.15, 0.2) is 0 Å². The van der Waals surface area contributed by atoms with E-state index in [1.54, 1.807) is 11.3 Å². The van der Waals surface area contributed by atoms with E-state index < -0.39 is 0 Å². The van der Waals surface area contributed by atoms with Crippen LogP contribution in [0.25, 0.3) is 4.96 Å². The van der Waals surface area contributed by atoms with Gasteiger partial charge in [-0.15, -0.1) is 0 Å². The van der Waals surface area contributed by atoms with E-state index >= 15 is 0 Å². The Balaban J connectivity index is 2.25. The monoisotopic (exact) mass is 207 g/mol. The third-order valence-electron chi connectivity index (χ3n) is 3.02. The largest absolute Gasteiger partial charge is 0.222 e. The maximum absolute atomic E-state index is 4.63. The normalized spacial score (nSPS) is 26.7. The first-order valence-electron chi connectivity index (χ1n) is 5.06. The molecule has 0 N–H and O–H groups in total. The Morgan fingerprint density at radius 1 is 1.50 bits per heavy atom. The average molecular weight is 207 g/mol. The van der Waals surface area contributed by atoms with Crippen LogP contribution in [-0.2, 0) is 6.42 Å². The Labute approximate surface area is 86.8 Å². The van der Waals surface area contributed by atoms with Crippen molar-refractivity contribution in [1.82, 2.24) is 14.6 Å². The quantitative estimate of drug-likeness (QED) is 0.664. The Hall–Kier alpha value is -0.900. The van der Waals surface area contributed by atoms with Gasteiger partial charge in [0.2, 0.25) is 4.96 Å². The molecule has 0 spiro atoms. The average Bonchev–Trinajstić information content (AvgIpc) is 2.60. The number of nitrogens with zero attached hydrogens (tertiary/aromatic N) is 3. The van der Waals surface area contributed by atoms with Gasteiger partial charge >= 0.3 is 0 Å². The number of fused-ring (bicyclic) bond motifs is 3. The van der Waals surface area contributed by atoms with Gasteiger partial charge in [-0.25, -0.2) is 9.50 Å². The van der Waals surface area contributed by atoms with E-state index in [9.17, 15) is 0 Å². The molecule has 0 saturated heterocycles. The van der Waals surface area contributed by atoms with E-state index in [4.69, 9.17) is 0 Å². The molecule has 2 atom stereocenters. The van der Waals surface area contributed by atoms with Crippen LogP contribution >= 0.6 is 11.3 Å². The van der Waals surface area contributed by atoms with Crippen LogP contribution in [0.3, 0.4) is 0 Å². The van der Waals surface area contributed by atoms with Crippen LogP contribution < -0.4 is 0 Å². The molecular formula is C10H13N3S. The molecule has 2 aromatic rings. The minimum Gasteiger partial charge on any atom is -0.222 e. The fourth-order valence-corrected chi connectivity index (χ4v) is 3.17. The summed E-state index contributed by atoms with van der Waals surface area (Å²) in [5.41, 5.74) is 4.49. The van der Waals surface area contributed by atoms with Gasteiger partial charge < -0.3 is 0 Å². The highest BCUT2D eigenvalue weighted by Crippen LogP contribution is 2.34. The van der Waals surface area contributed by atoms with E-state index in [0.717, 1.165) is 17.3 Å². The second-order valence-electron chi connectivity index (χ2n) is 4.32. The van der Waals surface area contributed by atoms with Gasteiger partial charge in [0, 0.05) is 5.92 Å². The molecule has 2 heterocycles. The Morgan fingerprint density at radius 2 is 2.36 bits per heavy atom. The van der Waals surface area contributed by atoms with Crippen LogP contribution in [0.1, 0.15) is 37.6 Å². The van der Waals surface area contributed by atoms with E-state index in [1.807, 2.05) is 10.0 Å². The standard InChI is InChI=1S/C10H13N3S/c1-6-3-7(2)9-8(4-6)12-10-13(9)11-5-14-10/h5-7H,3-4H2,1-2H3. The molecule has 4 heteroatoms. The molecule has 0 amide bonds. The van der Waals surface area contributed by atoms with Gasteiger partial charge in [0.05, 0.1) is 11.4 Å². The summed E-state index contributed by atoms with van der Waals surface area (Å²) < 4.78 is 2.02. The van der Waals surface area contributed by atoms with Crippen LogP contribution in [0.5, 0.6) is 0 Å². The lowest BCUT2D eigenvalue weighted by atomic mass is 9.84. The third kappa shape index (κ3) is 1.03. The van der Waals surface area contributed by atoms with Crippen LogP contribution in [-0.4, -0.2) is 14.6 Å². The molecule has 74 valence electrons. The zero-order chi connectivity index (χ0) is 9.71. The Morgan fingerprint density at radius 3 is 3.21 bits per heavy atom. The lowest BCUT2D eigenvalue weighted by Gasteiger charge is -2.22. The molecule has 1 aliphatic rings. The minimum absolute atomic E-state index is 0.603. The van der Waals surface area contributed by atoms with Crippen molar-refractivity contribution < 1.29 is 0 Å². The summed E-state index contributed by atoms with van der Waals surface area (Å²) in [6.45, 7) is 4.59. The van der Waals surface area contributed by atoms with E-state index in [1.165, 1.54) is 17.8 Å². The molecule has 0 radical (unpaired) electrons. The van der Waals surface area contributed by atoms with E-state index in [-0.39, 0.29) is 0 Å². The summed E-state index contributed by atoms with van der Waals surface area (Å²) in [5.74, 6) is 1.37. The molecule has 3 nitrogen and oxygen atoms in total. The number of hydrogen-bond donors (Lipinski definition) is 0. The molecule has 1 aliphatic carbocycles. The lowest BCUT2D eigenvalue weighted by molar-refractivity contribution is 0.434. The van der Waals surface area contributed by atoms with Crippen LogP contribution in [0, 0.1) is 5.92 Å². The Kier molecular flexibility index (Phi) is 1.68. The molecule has 3 rings (SSSR count). The molecule has 2 aromatic heterocycles. The highest BCUT2D eigenvalue weighted by molar-refractivity contribution is 7.14. The minimum atomic E-state index is 0.603. The van der Waals surface area contributed by atoms with E-state index in [0.29, 0.717) is 5.92 Å². The molecule has 0 fully saturated rings. The summed E-state index contributed by atoms with van der Waals surface area (Å²) in [5, 5.41) is 4.34. The van der Waals surface area contributed by atoms with E-state index in [2.05, 4.69) is 23.9 Å². The van der Waals surface area contributed by atoms with Gasteiger partial charge in [0.1, 0.15) is 5.51 Å². The first kappa shape index (κ1) is 8.41. The zero-order valence-electron chi connectivity index (χ0n) is 8.40. The number of rotatable bonds is 0. The first-order chi connectivity index (χ1) is 6.75. The summed E-state index contributed by atoms with van der Waals surface area (Å²) >= 11 is 1.62. The number of hydrogen-bond acceptors (Lipinski definition) is 3. The SMILES string of the molecule is CC1Cc2nc3scnn3c2C(C)C1. The second kappa shape index (κ2) is 2.79. The highest BCUT2D eigenvalue weighted by atomic mass is 32.1. The van der Waals surface area contributed by atoms with Crippen molar-refractivity contribution in [3.05, 3.63) is 16.9 Å². The molecule has 2 unspecified atom stereocenters. The number of imidazole rings is 1. The predicted molar refractivity (Wildman–Crippen MR) is 56.8 cm³/mol. The van der Waals surface area contributed by atoms with Gasteiger partial charge in [-0.3, -0.25) is 0 Å². The Bertz CT molecular complexity index is 471. The van der Waals surface area contributed by atoms with Crippen LogP contribution in [0.2, 0.25) is 0 Å². The fraction of sp³-hybridized carbons (Fsp3) is 0.600. The summed E-state index contributed by atoms with van der Waals surface area (Å²) in [6, 6.07) is 0. The lowest BCUT2D eigenvalue weighted by Crippen LogP contribution is -2.16. The fourth-order valence-electron chi connectivity index (χ4n) is 2.52. The summed E-state index contributed by atoms with van der Waals surface area (Å²) in [4.78, 5) is 5.68. The molecule has 14 heavy (non-hydrogen) atoms. The molecule has 0 saturated carbocycles. The van der Waals surface area contributed by atoms with Crippen molar-refractivity contribution in [2.75, 3.05) is 0 Å². The van der Waals surface area contributed by atoms with Crippen LogP contribution in [0.4, 0.5) is 0 Å².